The summed E-state index contributed by atoms with van der Waals surface area (Å²) in [5.74, 6) is 3.54. The molecule has 1 nitrogen and oxygen atoms in total. The summed E-state index contributed by atoms with van der Waals surface area (Å²) in [5.41, 5.74) is 0. The van der Waals surface area contributed by atoms with Crippen molar-refractivity contribution >= 4 is 23.4 Å². The summed E-state index contributed by atoms with van der Waals surface area (Å²) >= 11 is 7.62. The molecule has 74 valence electrons. The van der Waals surface area contributed by atoms with Gasteiger partial charge in [0.05, 0.1) is 6.54 Å². The van der Waals surface area contributed by atoms with Gasteiger partial charge in [0.25, 0.3) is 0 Å². The van der Waals surface area contributed by atoms with Crippen molar-refractivity contribution in [3.8, 4) is 12.3 Å². The first-order chi connectivity index (χ1) is 6.83. The highest BCUT2D eigenvalue weighted by atomic mass is 35.5. The molecule has 0 heterocycles. The third kappa shape index (κ3) is 4.57. The smallest absolute Gasteiger partial charge is 0.0574 e. The van der Waals surface area contributed by atoms with Gasteiger partial charge in [-0.15, -0.1) is 18.2 Å². The van der Waals surface area contributed by atoms with Gasteiger partial charge in [-0.2, -0.15) is 0 Å². The second-order valence-corrected chi connectivity index (χ2v) is 4.29. The van der Waals surface area contributed by atoms with E-state index in [1.165, 1.54) is 4.90 Å². The van der Waals surface area contributed by atoms with E-state index < -0.39 is 0 Å². The second-order valence-electron chi connectivity index (χ2n) is 2.69. The zero-order valence-electron chi connectivity index (χ0n) is 7.79. The van der Waals surface area contributed by atoms with Crippen LogP contribution in [0.25, 0.3) is 0 Å². The summed E-state index contributed by atoms with van der Waals surface area (Å²) in [6, 6.07) is 7.85. The maximum absolute atomic E-state index is 5.85. The van der Waals surface area contributed by atoms with Crippen molar-refractivity contribution in [2.75, 3.05) is 18.8 Å². The van der Waals surface area contributed by atoms with Crippen LogP contribution in [0.15, 0.2) is 29.2 Å². The average Bonchev–Trinajstić information content (AvgIpc) is 2.18. The van der Waals surface area contributed by atoms with Gasteiger partial charge in [-0.3, -0.25) is 0 Å². The highest BCUT2D eigenvalue weighted by Crippen LogP contribution is 2.20. The summed E-state index contributed by atoms with van der Waals surface area (Å²) in [6.07, 6.45) is 5.10. The molecule has 3 heteroatoms. The Hall–Kier alpha value is -0.620. The van der Waals surface area contributed by atoms with E-state index in [1.807, 2.05) is 18.2 Å². The van der Waals surface area contributed by atoms with E-state index in [1.54, 1.807) is 11.8 Å². The van der Waals surface area contributed by atoms with Gasteiger partial charge in [-0.1, -0.05) is 23.6 Å². The van der Waals surface area contributed by atoms with Crippen molar-refractivity contribution < 1.29 is 0 Å². The molecule has 1 rings (SSSR count). The first-order valence-electron chi connectivity index (χ1n) is 4.35. The normalized spacial score (nSPS) is 9.71. The zero-order valence-corrected chi connectivity index (χ0v) is 9.37. The van der Waals surface area contributed by atoms with Gasteiger partial charge < -0.3 is 5.32 Å². The van der Waals surface area contributed by atoms with Crippen LogP contribution in [-0.2, 0) is 0 Å². The molecule has 0 fully saturated rings. The molecule has 14 heavy (non-hydrogen) atoms. The molecule has 0 saturated heterocycles. The Balaban J connectivity index is 2.22. The lowest BCUT2D eigenvalue weighted by molar-refractivity contribution is 0.818. The monoisotopic (exact) mass is 225 g/mol. The van der Waals surface area contributed by atoms with Crippen molar-refractivity contribution in [1.82, 2.24) is 5.32 Å². The lowest BCUT2D eigenvalue weighted by atomic mass is 10.4. The van der Waals surface area contributed by atoms with Gasteiger partial charge >= 0.3 is 0 Å². The van der Waals surface area contributed by atoms with Crippen LogP contribution in [0, 0.1) is 12.3 Å². The van der Waals surface area contributed by atoms with Gasteiger partial charge in [-0.05, 0) is 18.2 Å². The summed E-state index contributed by atoms with van der Waals surface area (Å²) in [4.78, 5) is 1.19. The third-order valence-electron chi connectivity index (χ3n) is 1.57. The van der Waals surface area contributed by atoms with Gasteiger partial charge in [0.15, 0.2) is 0 Å². The molecule has 1 aromatic carbocycles. The molecule has 0 aliphatic heterocycles. The van der Waals surface area contributed by atoms with Crippen molar-refractivity contribution in [2.45, 2.75) is 4.90 Å². The van der Waals surface area contributed by atoms with Gasteiger partial charge in [0.1, 0.15) is 0 Å². The van der Waals surface area contributed by atoms with Crippen LogP contribution in [0.4, 0.5) is 0 Å². The first kappa shape index (κ1) is 11.5. The Bertz CT molecular complexity index is 319. The predicted octanol–water partition coefficient (Wildman–Crippen LogP) is 2.65. The fourth-order valence-electron chi connectivity index (χ4n) is 0.958. The molecule has 0 aliphatic rings. The Labute approximate surface area is 94.2 Å². The van der Waals surface area contributed by atoms with Gasteiger partial charge in [-0.25, -0.2) is 0 Å². The highest BCUT2D eigenvalue weighted by molar-refractivity contribution is 7.99. The highest BCUT2D eigenvalue weighted by Gasteiger charge is 1.94. The third-order valence-corrected chi connectivity index (χ3v) is 2.80. The van der Waals surface area contributed by atoms with E-state index in [0.29, 0.717) is 6.54 Å². The summed E-state index contributed by atoms with van der Waals surface area (Å²) in [7, 11) is 0. The molecule has 0 aliphatic carbocycles. The first-order valence-corrected chi connectivity index (χ1v) is 5.72. The van der Waals surface area contributed by atoms with Crippen molar-refractivity contribution in [1.29, 1.82) is 0 Å². The topological polar surface area (TPSA) is 12.0 Å². The Morgan fingerprint density at radius 3 is 3.07 bits per heavy atom. The number of hydrogen-bond donors (Lipinski definition) is 1. The standard InChI is InChI=1S/C11H12ClNS/c1-2-6-13-7-8-14-11-5-3-4-10(12)9-11/h1,3-5,9,13H,6-8H2. The minimum Gasteiger partial charge on any atom is -0.305 e. The Morgan fingerprint density at radius 2 is 2.36 bits per heavy atom. The SMILES string of the molecule is C#CCNCCSc1cccc(Cl)c1. The number of hydrogen-bond acceptors (Lipinski definition) is 2. The minimum absolute atomic E-state index is 0.635. The summed E-state index contributed by atoms with van der Waals surface area (Å²) in [6.45, 7) is 1.55. The number of rotatable bonds is 5. The predicted molar refractivity (Wildman–Crippen MR) is 63.9 cm³/mol. The molecule has 0 radical (unpaired) electrons. The number of thioether (sulfide) groups is 1. The largest absolute Gasteiger partial charge is 0.305 e. The molecule has 0 unspecified atom stereocenters. The van der Waals surface area contributed by atoms with Crippen LogP contribution < -0.4 is 5.32 Å². The molecule has 0 atom stereocenters. The van der Waals surface area contributed by atoms with Crippen LogP contribution in [-0.4, -0.2) is 18.8 Å². The lowest BCUT2D eigenvalue weighted by Crippen LogP contribution is -2.16. The molecule has 0 amide bonds. The maximum atomic E-state index is 5.85. The van der Waals surface area contributed by atoms with Gasteiger partial charge in [0, 0.05) is 22.2 Å². The quantitative estimate of drug-likeness (QED) is 0.470. The molecule has 0 spiro atoms. The number of halogens is 1. The fraction of sp³-hybridized carbons (Fsp3) is 0.273. The van der Waals surface area contributed by atoms with Crippen LogP contribution in [0.3, 0.4) is 0 Å². The molecule has 1 aromatic rings. The van der Waals surface area contributed by atoms with E-state index in [0.717, 1.165) is 17.3 Å². The van der Waals surface area contributed by atoms with Crippen LogP contribution >= 0.6 is 23.4 Å². The Kier molecular flexibility index (Phi) is 5.55. The van der Waals surface area contributed by atoms with Crippen LogP contribution in [0.1, 0.15) is 0 Å². The van der Waals surface area contributed by atoms with E-state index >= 15 is 0 Å². The van der Waals surface area contributed by atoms with E-state index in [9.17, 15) is 0 Å². The molecular weight excluding hydrogens is 214 g/mol. The maximum Gasteiger partial charge on any atom is 0.0574 e. The number of nitrogens with one attached hydrogen (secondary N) is 1. The van der Waals surface area contributed by atoms with E-state index in [4.69, 9.17) is 18.0 Å². The zero-order chi connectivity index (χ0) is 10.2. The fourth-order valence-corrected chi connectivity index (χ4v) is 2.08. The minimum atomic E-state index is 0.635. The second kappa shape index (κ2) is 6.78. The van der Waals surface area contributed by atoms with Crippen LogP contribution in [0.5, 0.6) is 0 Å². The van der Waals surface area contributed by atoms with Crippen molar-refractivity contribution in [3.63, 3.8) is 0 Å². The number of terminal acetylenes is 1. The van der Waals surface area contributed by atoms with Crippen molar-refractivity contribution in [3.05, 3.63) is 29.3 Å². The molecule has 0 saturated carbocycles. The van der Waals surface area contributed by atoms with Crippen LogP contribution in [0.2, 0.25) is 5.02 Å². The van der Waals surface area contributed by atoms with E-state index in [-0.39, 0.29) is 0 Å². The van der Waals surface area contributed by atoms with Gasteiger partial charge in [0.2, 0.25) is 0 Å². The lowest BCUT2D eigenvalue weighted by Gasteiger charge is -2.02. The van der Waals surface area contributed by atoms with Crippen molar-refractivity contribution in [2.24, 2.45) is 0 Å². The molecule has 0 bridgehead atoms. The Morgan fingerprint density at radius 1 is 1.50 bits per heavy atom. The average molecular weight is 226 g/mol. The summed E-state index contributed by atoms with van der Waals surface area (Å²) < 4.78 is 0. The molecule has 0 aromatic heterocycles. The molecule has 1 N–H and O–H groups in total. The number of benzene rings is 1. The molecular formula is C11H12ClNS. The van der Waals surface area contributed by atoms with E-state index in [2.05, 4.69) is 17.3 Å². The summed E-state index contributed by atoms with van der Waals surface area (Å²) in [5, 5.41) is 3.91.